The Morgan fingerprint density at radius 1 is 1.03 bits per heavy atom. The molecule has 3 aromatic heterocycles. The Hall–Kier alpha value is -3.66. The summed E-state index contributed by atoms with van der Waals surface area (Å²) in [6, 6.07) is 12.0. The van der Waals surface area contributed by atoms with Crippen LogP contribution in [-0.2, 0) is 13.1 Å². The number of amides is 1. The Bertz CT molecular complexity index is 1340. The van der Waals surface area contributed by atoms with Gasteiger partial charge in [0.2, 0.25) is 0 Å². The van der Waals surface area contributed by atoms with E-state index in [-0.39, 0.29) is 5.91 Å². The predicted molar refractivity (Wildman–Crippen MR) is 142 cm³/mol. The van der Waals surface area contributed by atoms with E-state index >= 15 is 0 Å². The van der Waals surface area contributed by atoms with E-state index in [0.29, 0.717) is 11.4 Å². The molecule has 9 heteroatoms. The maximum atomic E-state index is 13.1. The zero-order valence-corrected chi connectivity index (χ0v) is 21.0. The molecule has 1 aliphatic rings. The third-order valence-electron chi connectivity index (χ3n) is 6.47. The largest absolute Gasteiger partial charge is 0.319 e. The van der Waals surface area contributed by atoms with Crippen molar-refractivity contribution in [2.45, 2.75) is 13.1 Å². The molecule has 4 aromatic rings. The smallest absolute Gasteiger partial charge is 0.276 e. The minimum absolute atomic E-state index is 0.272. The van der Waals surface area contributed by atoms with Gasteiger partial charge in [-0.25, -0.2) is 0 Å². The van der Waals surface area contributed by atoms with Crippen LogP contribution < -0.4 is 5.32 Å². The van der Waals surface area contributed by atoms with E-state index in [1.54, 1.807) is 6.20 Å². The summed E-state index contributed by atoms with van der Waals surface area (Å²) in [7, 11) is 6.22. The molecule has 4 heterocycles. The van der Waals surface area contributed by atoms with E-state index < -0.39 is 0 Å². The van der Waals surface area contributed by atoms with E-state index in [4.69, 9.17) is 0 Å². The molecule has 0 aliphatic carbocycles. The zero-order chi connectivity index (χ0) is 25.1. The first kappa shape index (κ1) is 24.1. The van der Waals surface area contributed by atoms with Crippen LogP contribution in [0.2, 0.25) is 0 Å². The Balaban J connectivity index is 1.30. The van der Waals surface area contributed by atoms with Crippen molar-refractivity contribution in [3.63, 3.8) is 0 Å². The van der Waals surface area contributed by atoms with Gasteiger partial charge in [0.15, 0.2) is 5.69 Å². The van der Waals surface area contributed by atoms with Gasteiger partial charge in [0.05, 0.1) is 23.1 Å². The lowest BCUT2D eigenvalue weighted by molar-refractivity contribution is 0.102. The van der Waals surface area contributed by atoms with Crippen LogP contribution >= 0.6 is 0 Å². The lowest BCUT2D eigenvalue weighted by Crippen LogP contribution is -2.43. The number of piperazine rings is 1. The van der Waals surface area contributed by atoms with Crippen LogP contribution in [0, 0.1) is 0 Å². The fourth-order valence-electron chi connectivity index (χ4n) is 4.48. The van der Waals surface area contributed by atoms with Crippen LogP contribution in [0.5, 0.6) is 0 Å². The number of aromatic nitrogens is 4. The minimum Gasteiger partial charge on any atom is -0.319 e. The number of aromatic amines is 1. The molecule has 2 N–H and O–H groups in total. The zero-order valence-electron chi connectivity index (χ0n) is 21.0. The maximum absolute atomic E-state index is 13.1. The lowest BCUT2D eigenvalue weighted by Gasteiger charge is -2.32. The summed E-state index contributed by atoms with van der Waals surface area (Å²) in [5, 5.41) is 11.0. The molecule has 0 unspecified atom stereocenters. The summed E-state index contributed by atoms with van der Waals surface area (Å²) in [5.74, 6) is -0.272. The van der Waals surface area contributed by atoms with Crippen LogP contribution in [-0.4, -0.2) is 88.1 Å². The number of anilines is 1. The molecule has 1 aliphatic heterocycles. The highest BCUT2D eigenvalue weighted by atomic mass is 16.1. The van der Waals surface area contributed by atoms with Crippen LogP contribution in [0.25, 0.3) is 22.0 Å². The molecule has 1 amide bonds. The van der Waals surface area contributed by atoms with Gasteiger partial charge in [-0.15, -0.1) is 0 Å². The second kappa shape index (κ2) is 10.5. The van der Waals surface area contributed by atoms with Gasteiger partial charge in [-0.3, -0.25) is 24.8 Å². The van der Waals surface area contributed by atoms with Crippen molar-refractivity contribution in [2.24, 2.45) is 0 Å². The monoisotopic (exact) mass is 484 g/mol. The predicted octanol–water partition coefficient (Wildman–Crippen LogP) is 3.08. The van der Waals surface area contributed by atoms with Crippen molar-refractivity contribution in [2.75, 3.05) is 52.6 Å². The molecule has 1 saturated heterocycles. The van der Waals surface area contributed by atoms with E-state index in [1.165, 1.54) is 0 Å². The molecule has 0 spiro atoms. The molecule has 0 saturated carbocycles. The summed E-state index contributed by atoms with van der Waals surface area (Å²) >= 11 is 0. The summed E-state index contributed by atoms with van der Waals surface area (Å²) in [6.07, 6.45) is 5.43. The first-order valence-corrected chi connectivity index (χ1v) is 12.2. The number of hydrogen-bond acceptors (Lipinski definition) is 7. The summed E-state index contributed by atoms with van der Waals surface area (Å²) in [4.78, 5) is 28.9. The normalized spacial score (nSPS) is 15.0. The quantitative estimate of drug-likeness (QED) is 0.416. The first-order valence-electron chi connectivity index (χ1n) is 12.2. The van der Waals surface area contributed by atoms with Crippen molar-refractivity contribution in [3.8, 4) is 11.1 Å². The maximum Gasteiger partial charge on any atom is 0.276 e. The number of fused-ring (bicyclic) bond motifs is 1. The van der Waals surface area contributed by atoms with Crippen LogP contribution in [0.1, 0.15) is 21.7 Å². The molecule has 36 heavy (non-hydrogen) atoms. The summed E-state index contributed by atoms with van der Waals surface area (Å²) in [6.45, 7) is 5.86. The third kappa shape index (κ3) is 5.59. The second-order valence-electron chi connectivity index (χ2n) is 9.72. The van der Waals surface area contributed by atoms with Crippen LogP contribution in [0.15, 0.2) is 55.0 Å². The molecular weight excluding hydrogens is 452 g/mol. The van der Waals surface area contributed by atoms with E-state index in [1.807, 2.05) is 56.8 Å². The Morgan fingerprint density at radius 2 is 1.86 bits per heavy atom. The number of H-pyrrole nitrogens is 1. The number of nitrogens with zero attached hydrogens (tertiary/aromatic N) is 6. The first-order chi connectivity index (χ1) is 17.4. The standard InChI is InChI=1S/C27H32N8O/c1-33(2)17-19-12-21(15-28-14-19)20-4-7-25-24(13-20)26(32-31-25)27(36)30-22-5-6-23(29-16-22)18-35-10-8-34(3)9-11-35/h4-7,12-16H,8-11,17-18H2,1-3H3,(H,30,36)(H,31,32). The second-order valence-corrected chi connectivity index (χ2v) is 9.72. The molecule has 9 nitrogen and oxygen atoms in total. The molecule has 0 bridgehead atoms. The van der Waals surface area contributed by atoms with Gasteiger partial charge in [-0.1, -0.05) is 6.07 Å². The molecular formula is C27H32N8O. The summed E-state index contributed by atoms with van der Waals surface area (Å²) < 4.78 is 0. The SMILES string of the molecule is CN(C)Cc1cncc(-c2ccc3[nH]nc(C(=O)Nc4ccc(CN5CCN(C)CC5)nc4)c3c2)c1. The van der Waals surface area contributed by atoms with E-state index in [0.717, 1.165) is 72.6 Å². The van der Waals surface area contributed by atoms with Gasteiger partial charge in [0.25, 0.3) is 5.91 Å². The fraction of sp³-hybridized carbons (Fsp3) is 0.333. The molecule has 0 radical (unpaired) electrons. The highest BCUT2D eigenvalue weighted by Crippen LogP contribution is 2.26. The molecule has 0 atom stereocenters. The van der Waals surface area contributed by atoms with E-state index in [9.17, 15) is 4.79 Å². The van der Waals surface area contributed by atoms with Gasteiger partial charge in [-0.2, -0.15) is 5.10 Å². The Morgan fingerprint density at radius 3 is 2.61 bits per heavy atom. The number of nitrogens with one attached hydrogen (secondary N) is 2. The van der Waals surface area contributed by atoms with Crippen molar-refractivity contribution < 1.29 is 4.79 Å². The van der Waals surface area contributed by atoms with E-state index in [2.05, 4.69) is 53.3 Å². The number of rotatable bonds is 7. The number of benzene rings is 1. The highest BCUT2D eigenvalue weighted by molar-refractivity contribution is 6.11. The molecule has 1 fully saturated rings. The lowest BCUT2D eigenvalue weighted by atomic mass is 10.0. The van der Waals surface area contributed by atoms with Gasteiger partial charge in [-0.05, 0) is 62.6 Å². The van der Waals surface area contributed by atoms with Crippen molar-refractivity contribution >= 4 is 22.5 Å². The average Bonchev–Trinajstić information content (AvgIpc) is 3.30. The molecule has 186 valence electrons. The van der Waals surface area contributed by atoms with Gasteiger partial charge < -0.3 is 15.1 Å². The Labute approximate surface area is 211 Å². The topological polar surface area (TPSA) is 93.3 Å². The van der Waals surface area contributed by atoms with Gasteiger partial charge in [0.1, 0.15) is 0 Å². The molecule has 5 rings (SSSR count). The van der Waals surface area contributed by atoms with Gasteiger partial charge in [0, 0.05) is 62.6 Å². The number of likely N-dealkylation sites (N-methyl/N-ethyl adjacent to an activating group) is 1. The average molecular weight is 485 g/mol. The third-order valence-corrected chi connectivity index (χ3v) is 6.47. The van der Waals surface area contributed by atoms with Crippen LogP contribution in [0.4, 0.5) is 5.69 Å². The Kier molecular flexibility index (Phi) is 7.04. The highest BCUT2D eigenvalue weighted by Gasteiger charge is 2.17. The molecule has 1 aromatic carbocycles. The van der Waals surface area contributed by atoms with Crippen LogP contribution in [0.3, 0.4) is 0 Å². The summed E-state index contributed by atoms with van der Waals surface area (Å²) in [5.41, 5.74) is 5.93. The number of pyridine rings is 2. The van der Waals surface area contributed by atoms with Crippen molar-refractivity contribution in [1.29, 1.82) is 0 Å². The van der Waals surface area contributed by atoms with Crippen molar-refractivity contribution in [3.05, 3.63) is 71.9 Å². The van der Waals surface area contributed by atoms with Gasteiger partial charge >= 0.3 is 0 Å². The number of carbonyl (C=O) groups excluding carboxylic acids is 1. The number of hydrogen-bond donors (Lipinski definition) is 2. The minimum atomic E-state index is -0.272. The fourth-order valence-corrected chi connectivity index (χ4v) is 4.48. The van der Waals surface area contributed by atoms with Crippen molar-refractivity contribution in [1.82, 2.24) is 34.9 Å². The number of carbonyl (C=O) groups is 1.